The van der Waals surface area contributed by atoms with Gasteiger partial charge >= 0.3 is 6.03 Å². The summed E-state index contributed by atoms with van der Waals surface area (Å²) in [6.07, 6.45) is 1.56. The molecule has 2 aromatic carbocycles. The van der Waals surface area contributed by atoms with Gasteiger partial charge in [-0.25, -0.2) is 4.79 Å². The van der Waals surface area contributed by atoms with Crippen LogP contribution >= 0.6 is 15.9 Å². The first-order valence-corrected chi connectivity index (χ1v) is 9.23. The van der Waals surface area contributed by atoms with Gasteiger partial charge in [0.2, 0.25) is 0 Å². The lowest BCUT2D eigenvalue weighted by atomic mass is 10.1. The van der Waals surface area contributed by atoms with Crippen molar-refractivity contribution < 1.29 is 19.4 Å². The molecule has 3 amide bonds. The van der Waals surface area contributed by atoms with Crippen LogP contribution in [-0.4, -0.2) is 28.6 Å². The van der Waals surface area contributed by atoms with Crippen molar-refractivity contribution in [2.75, 3.05) is 6.61 Å². The molecule has 0 atom stereocenters. The molecule has 0 unspecified atom stereocenters. The minimum atomic E-state index is -0.465. The van der Waals surface area contributed by atoms with Crippen LogP contribution in [0.15, 0.2) is 46.6 Å². The Kier molecular flexibility index (Phi) is 5.51. The number of imide groups is 1. The molecule has 7 heteroatoms. The lowest BCUT2D eigenvalue weighted by Gasteiger charge is -2.12. The van der Waals surface area contributed by atoms with E-state index in [-0.39, 0.29) is 18.0 Å². The molecule has 0 aliphatic carbocycles. The predicted octanol–water partition coefficient (Wildman–Crippen LogP) is 3.95. The molecule has 2 aromatic rings. The number of carbonyl (C=O) groups is 2. The van der Waals surface area contributed by atoms with E-state index in [9.17, 15) is 14.7 Å². The zero-order chi connectivity index (χ0) is 19.6. The molecule has 1 fully saturated rings. The van der Waals surface area contributed by atoms with E-state index in [1.54, 1.807) is 12.1 Å². The van der Waals surface area contributed by atoms with Crippen molar-refractivity contribution in [1.82, 2.24) is 10.2 Å². The maximum absolute atomic E-state index is 12.7. The summed E-state index contributed by atoms with van der Waals surface area (Å²) in [6, 6.07) is 10.3. The lowest BCUT2D eigenvalue weighted by molar-refractivity contribution is -0.123. The molecular weight excluding hydrogens is 412 g/mol. The molecule has 1 heterocycles. The molecule has 140 valence electrons. The van der Waals surface area contributed by atoms with Crippen molar-refractivity contribution >= 4 is 33.9 Å². The van der Waals surface area contributed by atoms with Crippen LogP contribution in [0, 0.1) is 6.92 Å². The number of aryl methyl sites for hydroxylation is 1. The van der Waals surface area contributed by atoms with Gasteiger partial charge in [0.15, 0.2) is 11.5 Å². The molecule has 3 rings (SSSR count). The highest BCUT2D eigenvalue weighted by Gasteiger charge is 2.33. The molecule has 0 spiro atoms. The summed E-state index contributed by atoms with van der Waals surface area (Å²) >= 11 is 3.35. The number of nitrogens with one attached hydrogen (secondary N) is 1. The summed E-state index contributed by atoms with van der Waals surface area (Å²) in [5.74, 6) is -0.103. The van der Waals surface area contributed by atoms with E-state index >= 15 is 0 Å². The number of phenols is 1. The maximum Gasteiger partial charge on any atom is 0.329 e. The number of benzene rings is 2. The van der Waals surface area contributed by atoms with Crippen LogP contribution in [0.1, 0.15) is 23.6 Å². The second kappa shape index (κ2) is 7.84. The summed E-state index contributed by atoms with van der Waals surface area (Å²) in [5, 5.41) is 12.5. The number of nitrogens with zero attached hydrogens (tertiary/aromatic N) is 1. The van der Waals surface area contributed by atoms with Crippen LogP contribution in [0.3, 0.4) is 0 Å². The minimum absolute atomic E-state index is 0.00580. The zero-order valence-corrected chi connectivity index (χ0v) is 16.5. The number of carbonyl (C=O) groups excluding carboxylic acids is 2. The third-order valence-electron chi connectivity index (χ3n) is 4.06. The lowest BCUT2D eigenvalue weighted by Crippen LogP contribution is -2.30. The zero-order valence-electron chi connectivity index (χ0n) is 15.0. The van der Waals surface area contributed by atoms with Crippen molar-refractivity contribution in [3.8, 4) is 11.5 Å². The van der Waals surface area contributed by atoms with E-state index in [0.717, 1.165) is 11.1 Å². The van der Waals surface area contributed by atoms with E-state index in [0.29, 0.717) is 22.4 Å². The average Bonchev–Trinajstić information content (AvgIpc) is 2.87. The topological polar surface area (TPSA) is 78.9 Å². The van der Waals surface area contributed by atoms with Crippen LogP contribution < -0.4 is 10.1 Å². The van der Waals surface area contributed by atoms with Crippen LogP contribution in [0.25, 0.3) is 6.08 Å². The van der Waals surface area contributed by atoms with Gasteiger partial charge in [-0.2, -0.15) is 0 Å². The Morgan fingerprint density at radius 2 is 2.04 bits per heavy atom. The molecule has 0 saturated carbocycles. The monoisotopic (exact) mass is 430 g/mol. The van der Waals surface area contributed by atoms with Gasteiger partial charge in [-0.05, 0) is 43.2 Å². The average molecular weight is 431 g/mol. The quantitative estimate of drug-likeness (QED) is 0.555. The summed E-state index contributed by atoms with van der Waals surface area (Å²) in [4.78, 5) is 26.1. The number of hydrogen-bond acceptors (Lipinski definition) is 4. The number of amides is 3. The van der Waals surface area contributed by atoms with Crippen LogP contribution in [-0.2, 0) is 11.3 Å². The van der Waals surface area contributed by atoms with Gasteiger partial charge in [-0.3, -0.25) is 9.69 Å². The molecule has 6 nitrogen and oxygen atoms in total. The molecule has 1 saturated heterocycles. The normalized spacial score (nSPS) is 15.4. The Balaban J connectivity index is 1.87. The molecule has 27 heavy (non-hydrogen) atoms. The third-order valence-corrected chi connectivity index (χ3v) is 4.75. The van der Waals surface area contributed by atoms with Crippen molar-refractivity contribution in [2.24, 2.45) is 0 Å². The summed E-state index contributed by atoms with van der Waals surface area (Å²) < 4.78 is 5.95. The Hall–Kier alpha value is -2.80. The maximum atomic E-state index is 12.7. The second-order valence-corrected chi connectivity index (χ2v) is 7.00. The standard InChI is InChI=1S/C20H19BrN2O4/c1-3-27-18-9-14(15(21)10-17(18)24)8-16-19(25)23(20(26)22-16)11-13-6-4-5-12(2)7-13/h4-10,24H,3,11H2,1-2H3,(H,22,26)/b16-8+. The molecule has 2 N–H and O–H groups in total. The number of halogens is 1. The van der Waals surface area contributed by atoms with Gasteiger partial charge in [0.1, 0.15) is 5.70 Å². The van der Waals surface area contributed by atoms with Crippen LogP contribution in [0.2, 0.25) is 0 Å². The number of rotatable bonds is 5. The summed E-state index contributed by atoms with van der Waals surface area (Å²) in [7, 11) is 0. The van der Waals surface area contributed by atoms with Gasteiger partial charge in [0.05, 0.1) is 13.2 Å². The van der Waals surface area contributed by atoms with Gasteiger partial charge in [0, 0.05) is 4.47 Å². The summed E-state index contributed by atoms with van der Waals surface area (Å²) in [6.45, 7) is 4.36. The van der Waals surface area contributed by atoms with E-state index in [1.165, 1.54) is 11.0 Å². The Labute approximate surface area is 165 Å². The first-order chi connectivity index (χ1) is 12.9. The van der Waals surface area contributed by atoms with Crippen molar-refractivity contribution in [2.45, 2.75) is 20.4 Å². The SMILES string of the molecule is CCOc1cc(/C=C2/NC(=O)N(Cc3cccc(C)c3)C2=O)c(Br)cc1O. The van der Waals surface area contributed by atoms with E-state index < -0.39 is 11.9 Å². The van der Waals surface area contributed by atoms with Crippen molar-refractivity contribution in [3.63, 3.8) is 0 Å². The highest BCUT2D eigenvalue weighted by molar-refractivity contribution is 9.10. The Morgan fingerprint density at radius 1 is 1.26 bits per heavy atom. The molecule has 0 bridgehead atoms. The number of urea groups is 1. The number of ether oxygens (including phenoxy) is 1. The van der Waals surface area contributed by atoms with E-state index in [2.05, 4.69) is 21.2 Å². The second-order valence-electron chi connectivity index (χ2n) is 6.14. The smallest absolute Gasteiger partial charge is 0.329 e. The van der Waals surface area contributed by atoms with Crippen LogP contribution in [0.5, 0.6) is 11.5 Å². The minimum Gasteiger partial charge on any atom is -0.504 e. The molecule has 0 aromatic heterocycles. The molecule has 1 aliphatic rings. The fourth-order valence-corrected chi connectivity index (χ4v) is 3.25. The predicted molar refractivity (Wildman–Crippen MR) is 105 cm³/mol. The summed E-state index contributed by atoms with van der Waals surface area (Å²) in [5.41, 5.74) is 2.72. The third kappa shape index (κ3) is 4.14. The highest BCUT2D eigenvalue weighted by atomic mass is 79.9. The van der Waals surface area contributed by atoms with Crippen molar-refractivity contribution in [1.29, 1.82) is 0 Å². The van der Waals surface area contributed by atoms with Crippen LogP contribution in [0.4, 0.5) is 4.79 Å². The largest absolute Gasteiger partial charge is 0.504 e. The first kappa shape index (κ1) is 19.0. The van der Waals surface area contributed by atoms with Gasteiger partial charge in [0.25, 0.3) is 5.91 Å². The highest BCUT2D eigenvalue weighted by Crippen LogP contribution is 2.34. The van der Waals surface area contributed by atoms with Gasteiger partial charge in [-0.15, -0.1) is 0 Å². The fraction of sp³-hybridized carbons (Fsp3) is 0.200. The molecule has 1 aliphatic heterocycles. The van der Waals surface area contributed by atoms with Gasteiger partial charge < -0.3 is 15.2 Å². The number of aromatic hydroxyl groups is 1. The number of phenolic OH excluding ortho intramolecular Hbond substituents is 1. The van der Waals surface area contributed by atoms with Crippen molar-refractivity contribution in [3.05, 3.63) is 63.3 Å². The Bertz CT molecular complexity index is 940. The van der Waals surface area contributed by atoms with E-state index in [1.807, 2.05) is 38.1 Å². The molecule has 0 radical (unpaired) electrons. The van der Waals surface area contributed by atoms with Gasteiger partial charge in [-0.1, -0.05) is 45.8 Å². The van der Waals surface area contributed by atoms with E-state index in [4.69, 9.17) is 4.74 Å². The molecular formula is C20H19BrN2O4. The Morgan fingerprint density at radius 3 is 2.74 bits per heavy atom. The first-order valence-electron chi connectivity index (χ1n) is 8.44. The fourth-order valence-electron chi connectivity index (χ4n) is 2.80. The number of hydrogen-bond donors (Lipinski definition) is 2.